The lowest BCUT2D eigenvalue weighted by atomic mass is 9.67. The molecular formula is C12H17F3O2S. The summed E-state index contributed by atoms with van der Waals surface area (Å²) < 4.78 is 51.6. The molecule has 1 fully saturated rings. The zero-order valence-electron chi connectivity index (χ0n) is 10.1. The zero-order chi connectivity index (χ0) is 13.2. The second-order valence-corrected chi connectivity index (χ2v) is 6.30. The quantitative estimate of drug-likeness (QED) is 0.758. The molecule has 1 spiro atoms. The van der Waals surface area contributed by atoms with Crippen molar-refractivity contribution in [1.29, 1.82) is 0 Å². The molecular weight excluding hydrogens is 265 g/mol. The van der Waals surface area contributed by atoms with Crippen LogP contribution in [-0.2, 0) is 15.3 Å². The molecule has 18 heavy (non-hydrogen) atoms. The van der Waals surface area contributed by atoms with Crippen LogP contribution >= 0.6 is 0 Å². The number of hydrogen-bond acceptors (Lipinski definition) is 2. The molecule has 0 aliphatic heterocycles. The van der Waals surface area contributed by atoms with E-state index in [2.05, 4.69) is 4.18 Å². The first-order valence-electron chi connectivity index (χ1n) is 6.27. The van der Waals surface area contributed by atoms with Crippen molar-refractivity contribution in [2.24, 2.45) is 5.41 Å². The monoisotopic (exact) mass is 282 g/mol. The Morgan fingerprint density at radius 1 is 1.17 bits per heavy atom. The van der Waals surface area contributed by atoms with Gasteiger partial charge in [-0.15, -0.1) is 0 Å². The van der Waals surface area contributed by atoms with Crippen molar-refractivity contribution < 1.29 is 21.6 Å². The third-order valence-electron chi connectivity index (χ3n) is 3.95. The fraction of sp³-hybridized carbons (Fsp3) is 0.833. The van der Waals surface area contributed by atoms with Crippen LogP contribution in [0, 0.1) is 5.41 Å². The van der Waals surface area contributed by atoms with Gasteiger partial charge in [0.05, 0.1) is 0 Å². The van der Waals surface area contributed by atoms with Gasteiger partial charge in [0.1, 0.15) is 5.76 Å². The van der Waals surface area contributed by atoms with Gasteiger partial charge >= 0.3 is 16.6 Å². The summed E-state index contributed by atoms with van der Waals surface area (Å²) >= 11 is -3.22. The van der Waals surface area contributed by atoms with Gasteiger partial charge in [0.15, 0.2) is 0 Å². The number of hydrogen-bond donors (Lipinski definition) is 0. The highest BCUT2D eigenvalue weighted by Gasteiger charge is 2.41. The first kappa shape index (κ1) is 13.9. The van der Waals surface area contributed by atoms with Crippen molar-refractivity contribution in [3.63, 3.8) is 0 Å². The van der Waals surface area contributed by atoms with Crippen LogP contribution in [0.15, 0.2) is 11.8 Å². The molecule has 0 saturated heterocycles. The van der Waals surface area contributed by atoms with Crippen LogP contribution in [0.2, 0.25) is 0 Å². The van der Waals surface area contributed by atoms with E-state index in [1.54, 1.807) is 6.08 Å². The molecule has 1 unspecified atom stereocenters. The van der Waals surface area contributed by atoms with Crippen LogP contribution in [0.25, 0.3) is 0 Å². The molecule has 2 nitrogen and oxygen atoms in total. The predicted octanol–water partition coefficient (Wildman–Crippen LogP) is 4.20. The number of rotatable bonds is 2. The molecule has 0 aromatic carbocycles. The van der Waals surface area contributed by atoms with E-state index in [9.17, 15) is 17.4 Å². The van der Waals surface area contributed by atoms with Crippen LogP contribution < -0.4 is 0 Å². The summed E-state index contributed by atoms with van der Waals surface area (Å²) in [6.07, 6.45) is 9.77. The lowest BCUT2D eigenvalue weighted by Gasteiger charge is -2.39. The summed E-state index contributed by atoms with van der Waals surface area (Å²) in [5.74, 6) is 0.238. The molecule has 0 N–H and O–H groups in total. The molecule has 0 radical (unpaired) electrons. The maximum atomic E-state index is 12.1. The molecule has 0 amide bonds. The summed E-state index contributed by atoms with van der Waals surface area (Å²) in [5.41, 5.74) is -4.52. The highest BCUT2D eigenvalue weighted by molar-refractivity contribution is 7.81. The van der Waals surface area contributed by atoms with Crippen molar-refractivity contribution in [2.45, 2.75) is 56.9 Å². The normalized spacial score (nSPS) is 25.6. The van der Waals surface area contributed by atoms with Gasteiger partial charge in [0.25, 0.3) is 0 Å². The highest BCUT2D eigenvalue weighted by Crippen LogP contribution is 2.47. The molecule has 0 aromatic heterocycles. The number of alkyl halides is 3. The Morgan fingerprint density at radius 2 is 1.83 bits per heavy atom. The summed E-state index contributed by atoms with van der Waals surface area (Å²) in [7, 11) is 0. The maximum Gasteiger partial charge on any atom is 0.508 e. The zero-order valence-corrected chi connectivity index (χ0v) is 10.9. The Morgan fingerprint density at radius 3 is 2.33 bits per heavy atom. The van der Waals surface area contributed by atoms with E-state index >= 15 is 0 Å². The molecule has 2 aliphatic rings. The molecule has 0 aromatic rings. The largest absolute Gasteiger partial charge is 0.508 e. The minimum absolute atomic E-state index is 0.238. The van der Waals surface area contributed by atoms with Gasteiger partial charge in [-0.25, -0.2) is 4.21 Å². The molecule has 0 bridgehead atoms. The molecule has 0 heterocycles. The van der Waals surface area contributed by atoms with Crippen molar-refractivity contribution in [3.8, 4) is 0 Å². The lowest BCUT2D eigenvalue weighted by molar-refractivity contribution is -0.0459. The second-order valence-electron chi connectivity index (χ2n) is 5.20. The Labute approximate surface area is 107 Å². The topological polar surface area (TPSA) is 26.3 Å². The van der Waals surface area contributed by atoms with Gasteiger partial charge in [-0.05, 0) is 37.2 Å². The first-order valence-corrected chi connectivity index (χ1v) is 7.35. The Bertz CT molecular complexity index is 357. The van der Waals surface area contributed by atoms with Gasteiger partial charge in [0.2, 0.25) is 0 Å². The standard InChI is InChI=1S/C12H17F3O2S/c13-12(14,15)18(16)17-10-4-8-11(9-5-10)6-2-1-3-7-11/h4H,1-3,5-9H2. The minimum atomic E-state index is -4.79. The van der Waals surface area contributed by atoms with Crippen molar-refractivity contribution in [1.82, 2.24) is 0 Å². The number of halogens is 3. The average molecular weight is 282 g/mol. The van der Waals surface area contributed by atoms with Crippen LogP contribution in [0.5, 0.6) is 0 Å². The maximum absolute atomic E-state index is 12.1. The summed E-state index contributed by atoms with van der Waals surface area (Å²) in [4.78, 5) is 0. The average Bonchev–Trinajstić information content (AvgIpc) is 2.32. The van der Waals surface area contributed by atoms with E-state index in [1.807, 2.05) is 0 Å². The molecule has 2 aliphatic carbocycles. The Balaban J connectivity index is 1.92. The summed E-state index contributed by atoms with van der Waals surface area (Å²) in [6.45, 7) is 0. The fourth-order valence-electron chi connectivity index (χ4n) is 2.90. The predicted molar refractivity (Wildman–Crippen MR) is 62.7 cm³/mol. The summed E-state index contributed by atoms with van der Waals surface area (Å²) in [6, 6.07) is 0. The van der Waals surface area contributed by atoms with Crippen LogP contribution in [0.3, 0.4) is 0 Å². The highest BCUT2D eigenvalue weighted by atomic mass is 32.2. The van der Waals surface area contributed by atoms with E-state index in [4.69, 9.17) is 0 Å². The summed E-state index contributed by atoms with van der Waals surface area (Å²) in [5, 5.41) is 0. The van der Waals surface area contributed by atoms with E-state index in [0.717, 1.165) is 25.7 Å². The Kier molecular flexibility index (Phi) is 4.04. The van der Waals surface area contributed by atoms with Crippen molar-refractivity contribution in [2.75, 3.05) is 0 Å². The van der Waals surface area contributed by atoms with Gasteiger partial charge < -0.3 is 4.18 Å². The van der Waals surface area contributed by atoms with Gasteiger partial charge in [-0.2, -0.15) is 13.2 Å². The van der Waals surface area contributed by atoms with Crippen molar-refractivity contribution >= 4 is 11.1 Å². The molecule has 1 saturated carbocycles. The Hall–Kier alpha value is -0.520. The molecule has 104 valence electrons. The first-order chi connectivity index (χ1) is 8.41. The number of allylic oxidation sites excluding steroid dienone is 2. The van der Waals surface area contributed by atoms with Crippen LogP contribution in [-0.4, -0.2) is 9.72 Å². The van der Waals surface area contributed by atoms with E-state index < -0.39 is 16.6 Å². The molecule has 2 rings (SSSR count). The fourth-order valence-corrected chi connectivity index (χ4v) is 3.34. The van der Waals surface area contributed by atoms with Gasteiger partial charge in [-0.3, -0.25) is 0 Å². The van der Waals surface area contributed by atoms with E-state index in [1.165, 1.54) is 19.3 Å². The van der Waals surface area contributed by atoms with E-state index in [-0.39, 0.29) is 11.2 Å². The molecule has 1 atom stereocenters. The SMILES string of the molecule is O=S(OC1=CCC2(CCCCC2)CC1)C(F)(F)F. The third-order valence-corrected chi connectivity index (χ3v) is 4.69. The van der Waals surface area contributed by atoms with Crippen LogP contribution in [0.4, 0.5) is 13.2 Å². The lowest BCUT2D eigenvalue weighted by Crippen LogP contribution is -2.27. The molecule has 6 heteroatoms. The van der Waals surface area contributed by atoms with Gasteiger partial charge in [0, 0.05) is 6.42 Å². The van der Waals surface area contributed by atoms with Crippen LogP contribution in [0.1, 0.15) is 51.4 Å². The second kappa shape index (κ2) is 5.23. The van der Waals surface area contributed by atoms with Crippen molar-refractivity contribution in [3.05, 3.63) is 11.8 Å². The smallest absolute Gasteiger partial charge is 0.399 e. The third kappa shape index (κ3) is 3.28. The van der Waals surface area contributed by atoms with E-state index in [0.29, 0.717) is 6.42 Å². The minimum Gasteiger partial charge on any atom is -0.399 e. The van der Waals surface area contributed by atoms with Gasteiger partial charge in [-0.1, -0.05) is 19.3 Å².